The average Bonchev–Trinajstić information content (AvgIpc) is 3.04. The Bertz CT molecular complexity index is 402. The molecule has 1 aliphatic carbocycles. The fourth-order valence-corrected chi connectivity index (χ4v) is 2.03. The fraction of sp³-hybridized carbons (Fsp3) is 0.538. The first-order valence-electron chi connectivity index (χ1n) is 5.78. The SMILES string of the molecule is COc1cccc(CCC2(N)CC2)c1C(F)F. The molecule has 0 saturated heterocycles. The van der Waals surface area contributed by atoms with Crippen LogP contribution in [-0.2, 0) is 6.42 Å². The minimum absolute atomic E-state index is 0.0132. The van der Waals surface area contributed by atoms with Crippen molar-refractivity contribution in [3.05, 3.63) is 29.3 Å². The molecule has 1 aliphatic rings. The van der Waals surface area contributed by atoms with Crippen LogP contribution in [0.2, 0.25) is 0 Å². The van der Waals surface area contributed by atoms with Gasteiger partial charge in [-0.25, -0.2) is 8.78 Å². The van der Waals surface area contributed by atoms with Crippen molar-refractivity contribution >= 4 is 0 Å². The van der Waals surface area contributed by atoms with Crippen LogP contribution in [0.4, 0.5) is 8.78 Å². The van der Waals surface area contributed by atoms with Crippen molar-refractivity contribution in [3.8, 4) is 5.75 Å². The Morgan fingerprint density at radius 2 is 2.12 bits per heavy atom. The Kier molecular flexibility index (Phi) is 3.33. The molecule has 0 amide bonds. The van der Waals surface area contributed by atoms with Crippen LogP contribution < -0.4 is 10.5 Å². The molecule has 0 aromatic heterocycles. The van der Waals surface area contributed by atoms with E-state index in [2.05, 4.69) is 0 Å². The van der Waals surface area contributed by atoms with Gasteiger partial charge in [0.05, 0.1) is 12.7 Å². The summed E-state index contributed by atoms with van der Waals surface area (Å²) in [5, 5.41) is 0. The number of rotatable bonds is 5. The third-order valence-corrected chi connectivity index (χ3v) is 3.38. The number of halogens is 2. The van der Waals surface area contributed by atoms with Crippen LogP contribution in [0.15, 0.2) is 18.2 Å². The van der Waals surface area contributed by atoms with Gasteiger partial charge >= 0.3 is 0 Å². The van der Waals surface area contributed by atoms with E-state index in [1.165, 1.54) is 7.11 Å². The van der Waals surface area contributed by atoms with Gasteiger partial charge in [-0.05, 0) is 37.3 Å². The number of aryl methyl sites for hydroxylation is 1. The standard InChI is InChI=1S/C13H17F2NO/c1-17-10-4-2-3-9(11(10)12(14)15)5-6-13(16)7-8-13/h2-4,12H,5-8,16H2,1H3. The first-order valence-corrected chi connectivity index (χ1v) is 5.78. The molecule has 0 aliphatic heterocycles. The van der Waals surface area contributed by atoms with Gasteiger partial charge in [-0.15, -0.1) is 0 Å². The Hall–Kier alpha value is -1.16. The number of nitrogens with two attached hydrogens (primary N) is 1. The second-order valence-electron chi connectivity index (χ2n) is 4.70. The van der Waals surface area contributed by atoms with Crippen LogP contribution >= 0.6 is 0 Å². The van der Waals surface area contributed by atoms with Gasteiger partial charge in [-0.2, -0.15) is 0 Å². The highest BCUT2D eigenvalue weighted by atomic mass is 19.3. The van der Waals surface area contributed by atoms with Crippen molar-refractivity contribution in [2.24, 2.45) is 5.73 Å². The molecular formula is C13H17F2NO. The number of hydrogen-bond acceptors (Lipinski definition) is 2. The van der Waals surface area contributed by atoms with Gasteiger partial charge in [0.15, 0.2) is 0 Å². The molecule has 0 radical (unpaired) electrons. The minimum Gasteiger partial charge on any atom is -0.496 e. The third kappa shape index (κ3) is 2.75. The van der Waals surface area contributed by atoms with Gasteiger partial charge in [0.25, 0.3) is 6.43 Å². The van der Waals surface area contributed by atoms with Crippen LogP contribution in [-0.4, -0.2) is 12.6 Å². The summed E-state index contributed by atoms with van der Waals surface area (Å²) >= 11 is 0. The minimum atomic E-state index is -2.51. The molecule has 0 spiro atoms. The molecule has 0 atom stereocenters. The molecule has 0 heterocycles. The topological polar surface area (TPSA) is 35.2 Å². The maximum atomic E-state index is 13.0. The monoisotopic (exact) mass is 241 g/mol. The Morgan fingerprint density at radius 1 is 1.41 bits per heavy atom. The van der Waals surface area contributed by atoms with E-state index in [1.54, 1.807) is 18.2 Å². The van der Waals surface area contributed by atoms with Crippen molar-refractivity contribution in [2.45, 2.75) is 37.6 Å². The molecule has 1 saturated carbocycles. The van der Waals surface area contributed by atoms with E-state index in [0.717, 1.165) is 19.3 Å². The predicted octanol–water partition coefficient (Wildman–Crippen LogP) is 3.06. The summed E-state index contributed by atoms with van der Waals surface area (Å²) in [6.45, 7) is 0. The number of methoxy groups -OCH3 is 1. The van der Waals surface area contributed by atoms with E-state index >= 15 is 0 Å². The molecule has 17 heavy (non-hydrogen) atoms. The highest BCUT2D eigenvalue weighted by Crippen LogP contribution is 2.39. The maximum absolute atomic E-state index is 13.0. The zero-order chi connectivity index (χ0) is 12.5. The Balaban J connectivity index is 2.19. The molecule has 0 unspecified atom stereocenters. The smallest absolute Gasteiger partial charge is 0.267 e. The van der Waals surface area contributed by atoms with Crippen LogP contribution in [0.25, 0.3) is 0 Å². The summed E-state index contributed by atoms with van der Waals surface area (Å²) in [4.78, 5) is 0. The van der Waals surface area contributed by atoms with Gasteiger partial charge in [0, 0.05) is 5.54 Å². The van der Waals surface area contributed by atoms with Crippen LogP contribution in [0.3, 0.4) is 0 Å². The summed E-state index contributed by atoms with van der Waals surface area (Å²) in [5.41, 5.74) is 6.53. The Morgan fingerprint density at radius 3 is 2.65 bits per heavy atom. The summed E-state index contributed by atoms with van der Waals surface area (Å²) in [6.07, 6.45) is 0.851. The second-order valence-corrected chi connectivity index (χ2v) is 4.70. The molecule has 1 aromatic rings. The first-order chi connectivity index (χ1) is 8.06. The number of hydrogen-bond donors (Lipinski definition) is 1. The summed E-state index contributed by atoms with van der Waals surface area (Å²) < 4.78 is 31.0. The van der Waals surface area contributed by atoms with E-state index in [1.807, 2.05) is 0 Å². The summed E-state index contributed by atoms with van der Waals surface area (Å²) in [5.74, 6) is 0.263. The molecule has 1 aromatic carbocycles. The highest BCUT2D eigenvalue weighted by Gasteiger charge is 2.37. The van der Waals surface area contributed by atoms with E-state index in [-0.39, 0.29) is 16.9 Å². The van der Waals surface area contributed by atoms with Crippen molar-refractivity contribution in [1.82, 2.24) is 0 Å². The van der Waals surface area contributed by atoms with Crippen molar-refractivity contribution < 1.29 is 13.5 Å². The number of ether oxygens (including phenoxy) is 1. The van der Waals surface area contributed by atoms with Gasteiger partial charge in [-0.3, -0.25) is 0 Å². The van der Waals surface area contributed by atoms with Crippen LogP contribution in [0.1, 0.15) is 36.8 Å². The lowest BCUT2D eigenvalue weighted by Crippen LogP contribution is -2.22. The van der Waals surface area contributed by atoms with E-state index in [4.69, 9.17) is 10.5 Å². The summed E-state index contributed by atoms with van der Waals surface area (Å²) in [6, 6.07) is 5.05. The molecule has 2 rings (SSSR count). The quantitative estimate of drug-likeness (QED) is 0.859. The van der Waals surface area contributed by atoms with Crippen molar-refractivity contribution in [3.63, 3.8) is 0 Å². The van der Waals surface area contributed by atoms with Gasteiger partial charge in [-0.1, -0.05) is 12.1 Å². The highest BCUT2D eigenvalue weighted by molar-refractivity contribution is 5.41. The Labute approximate surface area is 99.8 Å². The lowest BCUT2D eigenvalue weighted by atomic mass is 9.99. The largest absolute Gasteiger partial charge is 0.496 e. The summed E-state index contributed by atoms with van der Waals surface area (Å²) in [7, 11) is 1.41. The molecule has 94 valence electrons. The maximum Gasteiger partial charge on any atom is 0.267 e. The molecular weight excluding hydrogens is 224 g/mol. The van der Waals surface area contributed by atoms with Crippen molar-refractivity contribution in [1.29, 1.82) is 0 Å². The van der Waals surface area contributed by atoms with E-state index < -0.39 is 6.43 Å². The zero-order valence-corrected chi connectivity index (χ0v) is 9.88. The lowest BCUT2D eigenvalue weighted by Gasteiger charge is -2.14. The fourth-order valence-electron chi connectivity index (χ4n) is 2.03. The van der Waals surface area contributed by atoms with E-state index in [0.29, 0.717) is 12.0 Å². The second kappa shape index (κ2) is 4.61. The molecule has 2 nitrogen and oxygen atoms in total. The van der Waals surface area contributed by atoms with E-state index in [9.17, 15) is 8.78 Å². The third-order valence-electron chi connectivity index (χ3n) is 3.38. The normalized spacial score (nSPS) is 17.2. The average molecular weight is 241 g/mol. The molecule has 1 fully saturated rings. The molecule has 0 bridgehead atoms. The first kappa shape index (κ1) is 12.3. The van der Waals surface area contributed by atoms with Gasteiger partial charge < -0.3 is 10.5 Å². The van der Waals surface area contributed by atoms with Crippen LogP contribution in [0.5, 0.6) is 5.75 Å². The van der Waals surface area contributed by atoms with Crippen molar-refractivity contribution in [2.75, 3.05) is 7.11 Å². The van der Waals surface area contributed by atoms with Gasteiger partial charge in [0.1, 0.15) is 5.75 Å². The molecule has 4 heteroatoms. The molecule has 2 N–H and O–H groups in total. The van der Waals surface area contributed by atoms with Crippen LogP contribution in [0, 0.1) is 0 Å². The number of benzene rings is 1. The number of alkyl halides is 2. The van der Waals surface area contributed by atoms with Gasteiger partial charge in [0.2, 0.25) is 0 Å². The zero-order valence-electron chi connectivity index (χ0n) is 9.88. The lowest BCUT2D eigenvalue weighted by molar-refractivity contribution is 0.145. The predicted molar refractivity (Wildman–Crippen MR) is 62.4 cm³/mol.